The molecule has 0 bridgehead atoms. The molecule has 0 saturated carbocycles. The zero-order chi connectivity index (χ0) is 17.0. The number of anilines is 1. The van der Waals surface area contributed by atoms with Gasteiger partial charge in [-0.1, -0.05) is 18.2 Å². The third-order valence-electron chi connectivity index (χ3n) is 4.17. The molecular formula is C16H23N5O2S. The van der Waals surface area contributed by atoms with Gasteiger partial charge in [-0.25, -0.2) is 18.1 Å². The standard InChI is InChI=1S/C16H23N5O2S/c1-19-13-16(17-14-19)24(22,23)18-7-8-20-9-11-21(12-10-20)15-5-3-2-4-6-15/h2-6,13-14,18H,7-12H2,1H3. The van der Waals surface area contributed by atoms with Gasteiger partial charge in [0.2, 0.25) is 0 Å². The van der Waals surface area contributed by atoms with Crippen LogP contribution in [0.25, 0.3) is 0 Å². The molecule has 130 valence electrons. The van der Waals surface area contributed by atoms with E-state index in [1.807, 2.05) is 18.2 Å². The first-order chi connectivity index (χ1) is 11.5. The van der Waals surface area contributed by atoms with Gasteiger partial charge in [0.1, 0.15) is 0 Å². The second-order valence-corrected chi connectivity index (χ2v) is 7.65. The van der Waals surface area contributed by atoms with Crippen LogP contribution in [0.1, 0.15) is 0 Å². The number of hydrogen-bond acceptors (Lipinski definition) is 5. The molecular weight excluding hydrogens is 326 g/mol. The molecule has 1 aromatic heterocycles. The summed E-state index contributed by atoms with van der Waals surface area (Å²) in [6.45, 7) is 4.87. The second-order valence-electron chi connectivity index (χ2n) is 5.94. The quantitative estimate of drug-likeness (QED) is 0.823. The number of imidazole rings is 1. The molecule has 0 aliphatic carbocycles. The van der Waals surface area contributed by atoms with Crippen LogP contribution in [0.3, 0.4) is 0 Å². The molecule has 1 N–H and O–H groups in total. The van der Waals surface area contributed by atoms with Crippen molar-refractivity contribution in [1.82, 2.24) is 19.2 Å². The lowest BCUT2D eigenvalue weighted by molar-refractivity contribution is 0.262. The molecule has 3 rings (SSSR count). The summed E-state index contributed by atoms with van der Waals surface area (Å²) in [5.74, 6) is 0. The zero-order valence-corrected chi connectivity index (χ0v) is 14.6. The van der Waals surface area contributed by atoms with Crippen LogP contribution in [0.15, 0.2) is 47.9 Å². The Bertz CT molecular complexity index is 752. The van der Waals surface area contributed by atoms with Crippen LogP contribution in [-0.2, 0) is 17.1 Å². The summed E-state index contributed by atoms with van der Waals surface area (Å²) >= 11 is 0. The third-order valence-corrected chi connectivity index (χ3v) is 5.52. The highest BCUT2D eigenvalue weighted by Crippen LogP contribution is 2.15. The minimum absolute atomic E-state index is 0.0684. The van der Waals surface area contributed by atoms with Crippen LogP contribution in [0.4, 0.5) is 5.69 Å². The van der Waals surface area contributed by atoms with E-state index in [1.165, 1.54) is 18.2 Å². The van der Waals surface area contributed by atoms with Crippen molar-refractivity contribution >= 4 is 15.7 Å². The Kier molecular flexibility index (Phi) is 5.17. The normalized spacial score (nSPS) is 16.5. The van der Waals surface area contributed by atoms with Gasteiger partial charge < -0.3 is 9.47 Å². The van der Waals surface area contributed by atoms with Gasteiger partial charge in [0, 0.05) is 58.2 Å². The average Bonchev–Trinajstić information content (AvgIpc) is 3.04. The molecule has 1 aliphatic heterocycles. The van der Waals surface area contributed by atoms with Crippen molar-refractivity contribution in [3.8, 4) is 0 Å². The van der Waals surface area contributed by atoms with Crippen molar-refractivity contribution in [2.45, 2.75) is 5.03 Å². The van der Waals surface area contributed by atoms with E-state index in [0.717, 1.165) is 26.2 Å². The molecule has 8 heteroatoms. The van der Waals surface area contributed by atoms with Crippen LogP contribution in [0.5, 0.6) is 0 Å². The highest BCUT2D eigenvalue weighted by Gasteiger charge is 2.19. The smallest absolute Gasteiger partial charge is 0.259 e. The zero-order valence-electron chi connectivity index (χ0n) is 13.8. The van der Waals surface area contributed by atoms with E-state index in [4.69, 9.17) is 0 Å². The predicted octanol–water partition coefficient (Wildman–Crippen LogP) is 0.521. The lowest BCUT2D eigenvalue weighted by atomic mass is 10.2. The van der Waals surface area contributed by atoms with Gasteiger partial charge >= 0.3 is 0 Å². The summed E-state index contributed by atoms with van der Waals surface area (Å²) in [5.41, 5.74) is 1.24. The van der Waals surface area contributed by atoms with Crippen molar-refractivity contribution in [2.75, 3.05) is 44.2 Å². The number of sulfonamides is 1. The van der Waals surface area contributed by atoms with Gasteiger partial charge in [-0.2, -0.15) is 0 Å². The maximum atomic E-state index is 12.1. The first-order valence-electron chi connectivity index (χ1n) is 8.04. The van der Waals surface area contributed by atoms with Gasteiger partial charge in [0.15, 0.2) is 5.03 Å². The summed E-state index contributed by atoms with van der Waals surface area (Å²) in [6, 6.07) is 10.4. The molecule has 24 heavy (non-hydrogen) atoms. The van der Waals surface area contributed by atoms with Crippen LogP contribution >= 0.6 is 0 Å². The topological polar surface area (TPSA) is 70.5 Å². The summed E-state index contributed by atoms with van der Waals surface area (Å²) in [7, 11) is -1.76. The van der Waals surface area contributed by atoms with Crippen LogP contribution in [0.2, 0.25) is 0 Å². The highest BCUT2D eigenvalue weighted by molar-refractivity contribution is 7.89. The van der Waals surface area contributed by atoms with E-state index >= 15 is 0 Å². The molecule has 1 fully saturated rings. The van der Waals surface area contributed by atoms with Crippen molar-refractivity contribution in [2.24, 2.45) is 7.05 Å². The molecule has 1 aliphatic rings. The number of aryl methyl sites for hydroxylation is 1. The first kappa shape index (κ1) is 16.9. The molecule has 2 aromatic rings. The number of hydrogen-bond donors (Lipinski definition) is 1. The minimum atomic E-state index is -3.51. The summed E-state index contributed by atoms with van der Waals surface area (Å²) in [4.78, 5) is 8.52. The van der Waals surface area contributed by atoms with E-state index in [2.05, 4.69) is 31.6 Å². The lowest BCUT2D eigenvalue weighted by Gasteiger charge is -2.36. The fraction of sp³-hybridized carbons (Fsp3) is 0.438. The average molecular weight is 349 g/mol. The largest absolute Gasteiger partial charge is 0.369 e. The first-order valence-corrected chi connectivity index (χ1v) is 9.53. The van der Waals surface area contributed by atoms with E-state index in [0.29, 0.717) is 13.1 Å². The molecule has 1 aromatic carbocycles. The van der Waals surface area contributed by atoms with Crippen LogP contribution in [-0.4, -0.2) is 62.1 Å². The van der Waals surface area contributed by atoms with Crippen LogP contribution in [0, 0.1) is 0 Å². The number of nitrogens with one attached hydrogen (secondary N) is 1. The fourth-order valence-electron chi connectivity index (χ4n) is 2.81. The number of piperazine rings is 1. The van der Waals surface area contributed by atoms with E-state index in [9.17, 15) is 8.42 Å². The van der Waals surface area contributed by atoms with Crippen molar-refractivity contribution < 1.29 is 8.42 Å². The Hall–Kier alpha value is -1.90. The Labute approximate surface area is 143 Å². The lowest BCUT2D eigenvalue weighted by Crippen LogP contribution is -2.48. The maximum Gasteiger partial charge on any atom is 0.259 e. The Morgan fingerprint density at radius 1 is 1.12 bits per heavy atom. The van der Waals surface area contributed by atoms with Gasteiger partial charge in [0.25, 0.3) is 10.0 Å². The van der Waals surface area contributed by atoms with E-state index in [1.54, 1.807) is 11.6 Å². The number of rotatable bonds is 6. The molecule has 0 spiro atoms. The van der Waals surface area contributed by atoms with Gasteiger partial charge in [-0.3, -0.25) is 4.90 Å². The Balaban J connectivity index is 1.44. The maximum absolute atomic E-state index is 12.1. The Morgan fingerprint density at radius 2 is 1.83 bits per heavy atom. The van der Waals surface area contributed by atoms with Crippen molar-refractivity contribution in [1.29, 1.82) is 0 Å². The van der Waals surface area contributed by atoms with Crippen LogP contribution < -0.4 is 9.62 Å². The van der Waals surface area contributed by atoms with Gasteiger partial charge in [-0.15, -0.1) is 0 Å². The molecule has 7 nitrogen and oxygen atoms in total. The van der Waals surface area contributed by atoms with Crippen molar-refractivity contribution in [3.63, 3.8) is 0 Å². The molecule has 0 atom stereocenters. The van der Waals surface area contributed by atoms with Gasteiger partial charge in [0.05, 0.1) is 6.33 Å². The molecule has 2 heterocycles. The third kappa shape index (κ3) is 4.14. The van der Waals surface area contributed by atoms with Crippen molar-refractivity contribution in [3.05, 3.63) is 42.9 Å². The minimum Gasteiger partial charge on any atom is -0.369 e. The number of nitrogens with zero attached hydrogens (tertiary/aromatic N) is 4. The summed E-state index contributed by atoms with van der Waals surface area (Å²) in [6.07, 6.45) is 2.98. The number of aromatic nitrogens is 2. The number of benzene rings is 1. The fourth-order valence-corrected chi connectivity index (χ4v) is 3.81. The summed E-state index contributed by atoms with van der Waals surface area (Å²) in [5, 5.41) is 0.0684. The highest BCUT2D eigenvalue weighted by atomic mass is 32.2. The summed E-state index contributed by atoms with van der Waals surface area (Å²) < 4.78 is 28.5. The monoisotopic (exact) mass is 349 g/mol. The SMILES string of the molecule is Cn1cnc(S(=O)(=O)NCCN2CCN(c3ccccc3)CC2)c1. The second kappa shape index (κ2) is 7.33. The molecule has 0 radical (unpaired) electrons. The van der Waals surface area contributed by atoms with E-state index < -0.39 is 10.0 Å². The molecule has 0 unspecified atom stereocenters. The Morgan fingerprint density at radius 3 is 2.46 bits per heavy atom. The predicted molar refractivity (Wildman–Crippen MR) is 93.5 cm³/mol. The number of para-hydroxylation sites is 1. The molecule has 1 saturated heterocycles. The van der Waals surface area contributed by atoms with Gasteiger partial charge in [-0.05, 0) is 12.1 Å². The molecule has 0 amide bonds. The van der Waals surface area contributed by atoms with E-state index in [-0.39, 0.29) is 5.03 Å².